The quantitative estimate of drug-likeness (QED) is 0.634. The number of carbonyl (C=O) groups is 1. The van der Waals surface area contributed by atoms with E-state index < -0.39 is 0 Å². The minimum atomic E-state index is -0.236. The normalized spacial score (nSPS) is 29.8. The van der Waals surface area contributed by atoms with Crippen LogP contribution in [0.5, 0.6) is 0 Å². The van der Waals surface area contributed by atoms with Gasteiger partial charge in [0, 0.05) is 19.4 Å². The number of hydrogen-bond acceptors (Lipinski definition) is 3. The van der Waals surface area contributed by atoms with Crippen LogP contribution in [-0.2, 0) is 9.53 Å². The summed E-state index contributed by atoms with van der Waals surface area (Å²) in [5.74, 6) is -0.0667. The van der Waals surface area contributed by atoms with Crippen LogP contribution < -0.4 is 0 Å². The van der Waals surface area contributed by atoms with Crippen molar-refractivity contribution >= 4 is 5.97 Å². The van der Waals surface area contributed by atoms with E-state index in [-0.39, 0.29) is 24.6 Å². The Morgan fingerprint density at radius 3 is 2.75 bits per heavy atom. The number of carbonyl (C=O) groups excluding carboxylic acids is 1. The second kappa shape index (κ2) is 4.45. The molecule has 3 nitrogen and oxygen atoms in total. The van der Waals surface area contributed by atoms with Gasteiger partial charge in [0.1, 0.15) is 6.10 Å². The van der Waals surface area contributed by atoms with E-state index in [0.717, 1.165) is 25.7 Å². The van der Waals surface area contributed by atoms with Crippen molar-refractivity contribution in [2.24, 2.45) is 5.92 Å². The summed E-state index contributed by atoms with van der Waals surface area (Å²) in [5, 5.41) is 8.98. The summed E-state index contributed by atoms with van der Waals surface area (Å²) in [6, 6.07) is 0. The molecule has 0 radical (unpaired) electrons. The van der Waals surface area contributed by atoms with E-state index in [1.807, 2.05) is 0 Å². The van der Waals surface area contributed by atoms with E-state index in [4.69, 9.17) is 9.84 Å². The molecule has 3 heteroatoms. The summed E-state index contributed by atoms with van der Waals surface area (Å²) in [7, 11) is 0. The van der Waals surface area contributed by atoms with Crippen LogP contribution in [0.15, 0.2) is 0 Å². The smallest absolute Gasteiger partial charge is 0.302 e. The van der Waals surface area contributed by atoms with E-state index in [9.17, 15) is 4.79 Å². The third-order valence-electron chi connectivity index (χ3n) is 2.39. The summed E-state index contributed by atoms with van der Waals surface area (Å²) >= 11 is 0. The van der Waals surface area contributed by atoms with E-state index in [1.54, 1.807) is 0 Å². The second-order valence-electron chi connectivity index (χ2n) is 3.37. The Kier molecular flexibility index (Phi) is 3.53. The molecule has 70 valence electrons. The van der Waals surface area contributed by atoms with Crippen LogP contribution in [0, 0.1) is 5.92 Å². The fourth-order valence-electron chi connectivity index (χ4n) is 1.75. The van der Waals surface area contributed by atoms with Gasteiger partial charge in [-0.15, -0.1) is 0 Å². The standard InChI is InChI=1S/C9H16O3/c1-7(11)12-9-5-3-2-4-8(9)6-10/h8-10H,2-6H2,1H3/t8-,9-/m1/s1. The molecule has 1 saturated carbocycles. The first-order valence-electron chi connectivity index (χ1n) is 4.52. The predicted molar refractivity (Wildman–Crippen MR) is 44.6 cm³/mol. The summed E-state index contributed by atoms with van der Waals surface area (Å²) in [4.78, 5) is 10.7. The van der Waals surface area contributed by atoms with Crippen LogP contribution in [0.1, 0.15) is 32.6 Å². The van der Waals surface area contributed by atoms with Crippen LogP contribution in [0.2, 0.25) is 0 Å². The fourth-order valence-corrected chi connectivity index (χ4v) is 1.75. The van der Waals surface area contributed by atoms with E-state index in [0.29, 0.717) is 0 Å². The van der Waals surface area contributed by atoms with E-state index >= 15 is 0 Å². The first-order valence-corrected chi connectivity index (χ1v) is 4.52. The highest BCUT2D eigenvalue weighted by atomic mass is 16.5. The second-order valence-corrected chi connectivity index (χ2v) is 3.37. The molecule has 0 unspecified atom stereocenters. The molecule has 0 bridgehead atoms. The highest BCUT2D eigenvalue weighted by molar-refractivity contribution is 5.66. The average Bonchev–Trinajstić information content (AvgIpc) is 2.04. The monoisotopic (exact) mass is 172 g/mol. The summed E-state index contributed by atoms with van der Waals surface area (Å²) in [6.45, 7) is 1.56. The van der Waals surface area contributed by atoms with Crippen molar-refractivity contribution in [1.82, 2.24) is 0 Å². The van der Waals surface area contributed by atoms with Crippen LogP contribution in [0.3, 0.4) is 0 Å². The van der Waals surface area contributed by atoms with Gasteiger partial charge in [0.2, 0.25) is 0 Å². The minimum Gasteiger partial charge on any atom is -0.462 e. The molecule has 0 amide bonds. The molecule has 0 aromatic carbocycles. The molecule has 0 heterocycles. The molecule has 0 aromatic rings. The molecule has 1 fully saturated rings. The van der Waals surface area contributed by atoms with Crippen molar-refractivity contribution in [3.63, 3.8) is 0 Å². The van der Waals surface area contributed by atoms with Gasteiger partial charge in [0.05, 0.1) is 0 Å². The summed E-state index contributed by atoms with van der Waals surface area (Å²) in [6.07, 6.45) is 4.10. The molecule has 1 rings (SSSR count). The van der Waals surface area contributed by atoms with Gasteiger partial charge < -0.3 is 9.84 Å². The maximum absolute atomic E-state index is 10.7. The van der Waals surface area contributed by atoms with Crippen molar-refractivity contribution in [1.29, 1.82) is 0 Å². The molecule has 0 aromatic heterocycles. The number of aliphatic hydroxyl groups is 1. The molecule has 0 spiro atoms. The number of hydrogen-bond donors (Lipinski definition) is 1. The van der Waals surface area contributed by atoms with Gasteiger partial charge >= 0.3 is 5.97 Å². The zero-order valence-electron chi connectivity index (χ0n) is 7.45. The molecule has 0 saturated heterocycles. The third kappa shape index (κ3) is 2.48. The Hall–Kier alpha value is -0.570. The lowest BCUT2D eigenvalue weighted by molar-refractivity contribution is -0.151. The molecule has 1 aliphatic rings. The van der Waals surface area contributed by atoms with Crippen LogP contribution >= 0.6 is 0 Å². The van der Waals surface area contributed by atoms with Gasteiger partial charge in [-0.3, -0.25) is 4.79 Å². The number of ether oxygens (including phenoxy) is 1. The first-order chi connectivity index (χ1) is 5.74. The highest BCUT2D eigenvalue weighted by Crippen LogP contribution is 2.26. The van der Waals surface area contributed by atoms with Crippen molar-refractivity contribution in [2.75, 3.05) is 6.61 Å². The lowest BCUT2D eigenvalue weighted by Crippen LogP contribution is -2.31. The molecule has 1 aliphatic carbocycles. The highest BCUT2D eigenvalue weighted by Gasteiger charge is 2.26. The Labute approximate surface area is 72.7 Å². The molecule has 2 atom stereocenters. The Balaban J connectivity index is 2.41. The molecule has 1 N–H and O–H groups in total. The molecule has 12 heavy (non-hydrogen) atoms. The zero-order chi connectivity index (χ0) is 8.97. The van der Waals surface area contributed by atoms with E-state index in [1.165, 1.54) is 6.92 Å². The Bertz CT molecular complexity index is 156. The topological polar surface area (TPSA) is 46.5 Å². The van der Waals surface area contributed by atoms with Crippen LogP contribution in [0.4, 0.5) is 0 Å². The van der Waals surface area contributed by atoms with Gasteiger partial charge in [-0.1, -0.05) is 6.42 Å². The number of aliphatic hydroxyl groups excluding tert-OH is 1. The third-order valence-corrected chi connectivity index (χ3v) is 2.39. The maximum Gasteiger partial charge on any atom is 0.302 e. The van der Waals surface area contributed by atoms with Crippen LogP contribution in [0.25, 0.3) is 0 Å². The van der Waals surface area contributed by atoms with Crippen molar-refractivity contribution in [3.05, 3.63) is 0 Å². The fraction of sp³-hybridized carbons (Fsp3) is 0.889. The number of rotatable bonds is 2. The van der Waals surface area contributed by atoms with Gasteiger partial charge in [-0.2, -0.15) is 0 Å². The minimum absolute atomic E-state index is 0.0405. The van der Waals surface area contributed by atoms with Crippen molar-refractivity contribution in [3.8, 4) is 0 Å². The number of esters is 1. The van der Waals surface area contributed by atoms with Crippen molar-refractivity contribution < 1.29 is 14.6 Å². The summed E-state index contributed by atoms with van der Waals surface area (Å²) < 4.78 is 5.10. The summed E-state index contributed by atoms with van der Waals surface area (Å²) in [5.41, 5.74) is 0. The van der Waals surface area contributed by atoms with Gasteiger partial charge in [0.15, 0.2) is 0 Å². The van der Waals surface area contributed by atoms with Gasteiger partial charge in [-0.25, -0.2) is 0 Å². The predicted octanol–water partition coefficient (Wildman–Crippen LogP) is 1.10. The Morgan fingerprint density at radius 1 is 1.50 bits per heavy atom. The SMILES string of the molecule is CC(=O)O[C@@H]1CCCC[C@@H]1CO. The zero-order valence-corrected chi connectivity index (χ0v) is 7.45. The lowest BCUT2D eigenvalue weighted by atomic mass is 9.87. The molecular weight excluding hydrogens is 156 g/mol. The lowest BCUT2D eigenvalue weighted by Gasteiger charge is -2.29. The first kappa shape index (κ1) is 9.52. The van der Waals surface area contributed by atoms with Gasteiger partial charge in [0.25, 0.3) is 0 Å². The molecular formula is C9H16O3. The average molecular weight is 172 g/mol. The largest absolute Gasteiger partial charge is 0.462 e. The van der Waals surface area contributed by atoms with Crippen LogP contribution in [-0.4, -0.2) is 23.8 Å². The Morgan fingerprint density at radius 2 is 2.17 bits per heavy atom. The van der Waals surface area contributed by atoms with Crippen molar-refractivity contribution in [2.45, 2.75) is 38.7 Å². The van der Waals surface area contributed by atoms with E-state index in [2.05, 4.69) is 0 Å². The van der Waals surface area contributed by atoms with Gasteiger partial charge in [-0.05, 0) is 19.3 Å². The maximum atomic E-state index is 10.7. The molecule has 0 aliphatic heterocycles.